The maximum absolute atomic E-state index is 14.4. The number of fused-ring (bicyclic) bond motifs is 1. The molecule has 0 spiro atoms. The molecular formula is C26H39ClF4N2O4S. The zero-order chi connectivity index (χ0) is 27.7. The standard InChI is InChI=1S/C26H39ClF4N2O4S/c1-2-5-24(34)32-14-18-15-33(38(35,36)19-7-3-6-17(13-19)26(29,30)31)22-12-16(10-11-23(22)37-18)20-8-4-9-21(28)25(20)27/h2,16-23,25H,1,3-15H2,(H,32,34). The average molecular weight is 587 g/mol. The highest BCUT2D eigenvalue weighted by Gasteiger charge is 2.52. The summed E-state index contributed by atoms with van der Waals surface area (Å²) in [5, 5.41) is 0.986. The Morgan fingerprint density at radius 1 is 1.11 bits per heavy atom. The van der Waals surface area contributed by atoms with Gasteiger partial charge in [0.2, 0.25) is 15.9 Å². The van der Waals surface area contributed by atoms with Gasteiger partial charge in [-0.3, -0.25) is 4.79 Å². The lowest BCUT2D eigenvalue weighted by atomic mass is 9.70. The third-order valence-corrected chi connectivity index (χ3v) is 11.9. The highest BCUT2D eigenvalue weighted by Crippen LogP contribution is 2.46. The zero-order valence-electron chi connectivity index (χ0n) is 21.6. The first kappa shape index (κ1) is 30.1. The molecule has 3 saturated carbocycles. The van der Waals surface area contributed by atoms with Gasteiger partial charge in [0, 0.05) is 19.5 Å². The van der Waals surface area contributed by atoms with E-state index in [0.717, 1.165) is 12.8 Å². The smallest absolute Gasteiger partial charge is 0.370 e. The summed E-state index contributed by atoms with van der Waals surface area (Å²) in [4.78, 5) is 12.0. The van der Waals surface area contributed by atoms with E-state index in [2.05, 4.69) is 11.9 Å². The molecule has 0 aromatic heterocycles. The van der Waals surface area contributed by atoms with Gasteiger partial charge in [0.05, 0.1) is 34.8 Å². The second-order valence-corrected chi connectivity index (χ2v) is 14.1. The number of ether oxygens (including phenoxy) is 1. The molecular weight excluding hydrogens is 548 g/mol. The van der Waals surface area contributed by atoms with Crippen molar-refractivity contribution < 1.29 is 35.5 Å². The van der Waals surface area contributed by atoms with Crippen LogP contribution in [-0.2, 0) is 19.6 Å². The molecule has 218 valence electrons. The van der Waals surface area contributed by atoms with Gasteiger partial charge in [0.1, 0.15) is 6.17 Å². The fraction of sp³-hybridized carbons (Fsp3) is 0.885. The first-order valence-electron chi connectivity index (χ1n) is 13.8. The molecule has 1 aliphatic heterocycles. The second kappa shape index (κ2) is 12.3. The van der Waals surface area contributed by atoms with Crippen LogP contribution < -0.4 is 5.32 Å². The predicted molar refractivity (Wildman–Crippen MR) is 137 cm³/mol. The molecule has 3 aliphatic carbocycles. The van der Waals surface area contributed by atoms with E-state index >= 15 is 0 Å². The van der Waals surface area contributed by atoms with Gasteiger partial charge in [-0.2, -0.15) is 17.5 Å². The number of amides is 1. The lowest BCUT2D eigenvalue weighted by Gasteiger charge is -2.51. The molecule has 1 N–H and O–H groups in total. The van der Waals surface area contributed by atoms with Crippen molar-refractivity contribution in [3.05, 3.63) is 12.7 Å². The number of alkyl halides is 5. The first-order valence-corrected chi connectivity index (χ1v) is 15.7. The Hall–Kier alpha value is -0.910. The molecule has 0 bridgehead atoms. The SMILES string of the molecule is C=CCC(=O)NCC1CN(S(=O)(=O)C2CCCC(C(F)(F)F)C2)C2CC(C3CCCC(F)C3Cl)CCC2O1. The van der Waals surface area contributed by atoms with Crippen molar-refractivity contribution in [2.24, 2.45) is 17.8 Å². The minimum absolute atomic E-state index is 0.0109. The molecule has 0 aromatic carbocycles. The van der Waals surface area contributed by atoms with E-state index in [9.17, 15) is 30.8 Å². The van der Waals surface area contributed by atoms with Crippen molar-refractivity contribution in [3.63, 3.8) is 0 Å². The third kappa shape index (κ3) is 6.69. The zero-order valence-corrected chi connectivity index (χ0v) is 23.1. The number of nitrogens with one attached hydrogen (secondary N) is 1. The molecule has 0 radical (unpaired) electrons. The van der Waals surface area contributed by atoms with E-state index in [-0.39, 0.29) is 56.5 Å². The van der Waals surface area contributed by atoms with Gasteiger partial charge in [-0.25, -0.2) is 12.8 Å². The van der Waals surface area contributed by atoms with E-state index < -0.39 is 63.6 Å². The normalized spacial score (nSPS) is 39.2. The van der Waals surface area contributed by atoms with Crippen LogP contribution in [0.4, 0.5) is 17.6 Å². The van der Waals surface area contributed by atoms with E-state index in [1.165, 1.54) is 10.4 Å². The number of hydrogen-bond donors (Lipinski definition) is 1. The summed E-state index contributed by atoms with van der Waals surface area (Å²) in [6.45, 7) is 3.58. The average Bonchev–Trinajstić information content (AvgIpc) is 2.88. The molecule has 9 atom stereocenters. The van der Waals surface area contributed by atoms with Crippen molar-refractivity contribution in [1.29, 1.82) is 0 Å². The Morgan fingerprint density at radius 2 is 1.84 bits per heavy atom. The molecule has 4 rings (SSSR count). The van der Waals surface area contributed by atoms with E-state index in [1.807, 2.05) is 0 Å². The quantitative estimate of drug-likeness (QED) is 0.255. The Balaban J connectivity index is 1.56. The van der Waals surface area contributed by atoms with Gasteiger partial charge in [-0.1, -0.05) is 18.9 Å². The summed E-state index contributed by atoms with van der Waals surface area (Å²) < 4.78 is 90.6. The fourth-order valence-electron chi connectivity index (χ4n) is 7.00. The monoisotopic (exact) mass is 586 g/mol. The number of morpholine rings is 1. The van der Waals surface area contributed by atoms with Gasteiger partial charge < -0.3 is 10.1 Å². The molecule has 0 aromatic rings. The maximum atomic E-state index is 14.4. The van der Waals surface area contributed by atoms with Crippen molar-refractivity contribution in [2.45, 2.75) is 112 Å². The summed E-state index contributed by atoms with van der Waals surface area (Å²) in [5.74, 6) is -1.97. The molecule has 1 heterocycles. The Kier molecular flexibility index (Phi) is 9.73. The van der Waals surface area contributed by atoms with Crippen LogP contribution in [0.5, 0.6) is 0 Å². The summed E-state index contributed by atoms with van der Waals surface area (Å²) >= 11 is 6.48. The Morgan fingerprint density at radius 3 is 2.55 bits per heavy atom. The summed E-state index contributed by atoms with van der Waals surface area (Å²) in [5.41, 5.74) is 0. The highest BCUT2D eigenvalue weighted by atomic mass is 35.5. The topological polar surface area (TPSA) is 75.7 Å². The van der Waals surface area contributed by atoms with Crippen LogP contribution in [0.2, 0.25) is 0 Å². The number of carbonyl (C=O) groups is 1. The lowest BCUT2D eigenvalue weighted by molar-refractivity contribution is -0.181. The van der Waals surface area contributed by atoms with Crippen molar-refractivity contribution >= 4 is 27.5 Å². The largest absolute Gasteiger partial charge is 0.391 e. The summed E-state index contributed by atoms with van der Waals surface area (Å²) in [6, 6.07) is -0.547. The summed E-state index contributed by atoms with van der Waals surface area (Å²) in [6.07, 6.45) is -1.52. The van der Waals surface area contributed by atoms with Gasteiger partial charge in [-0.05, 0) is 63.2 Å². The van der Waals surface area contributed by atoms with Gasteiger partial charge in [0.25, 0.3) is 0 Å². The molecule has 12 heteroatoms. The lowest BCUT2D eigenvalue weighted by Crippen LogP contribution is -2.62. The summed E-state index contributed by atoms with van der Waals surface area (Å²) in [7, 11) is -4.09. The number of hydrogen-bond acceptors (Lipinski definition) is 4. The van der Waals surface area contributed by atoms with Crippen LogP contribution in [0.3, 0.4) is 0 Å². The van der Waals surface area contributed by atoms with E-state index in [1.54, 1.807) is 0 Å². The van der Waals surface area contributed by atoms with Crippen LogP contribution in [-0.4, -0.2) is 72.9 Å². The number of nitrogens with zero attached hydrogens (tertiary/aromatic N) is 1. The van der Waals surface area contributed by atoms with E-state index in [4.69, 9.17) is 16.3 Å². The number of sulfonamides is 1. The van der Waals surface area contributed by atoms with Crippen molar-refractivity contribution in [2.75, 3.05) is 13.1 Å². The van der Waals surface area contributed by atoms with Crippen LogP contribution in [0, 0.1) is 17.8 Å². The van der Waals surface area contributed by atoms with Crippen molar-refractivity contribution in [1.82, 2.24) is 9.62 Å². The molecule has 38 heavy (non-hydrogen) atoms. The molecule has 1 amide bonds. The Bertz CT molecular complexity index is 952. The molecule has 9 unspecified atom stereocenters. The molecule has 6 nitrogen and oxygen atoms in total. The Labute approximate surface area is 227 Å². The van der Waals surface area contributed by atoms with Gasteiger partial charge >= 0.3 is 6.18 Å². The second-order valence-electron chi connectivity index (χ2n) is 11.4. The van der Waals surface area contributed by atoms with Crippen LogP contribution in [0.1, 0.15) is 70.6 Å². The molecule has 1 saturated heterocycles. The molecule has 4 aliphatic rings. The van der Waals surface area contributed by atoms with Crippen LogP contribution >= 0.6 is 11.6 Å². The first-order chi connectivity index (χ1) is 17.9. The fourth-order valence-corrected chi connectivity index (χ4v) is 9.75. The predicted octanol–water partition coefficient (Wildman–Crippen LogP) is 5.11. The number of carbonyl (C=O) groups excluding carboxylic acids is 1. The van der Waals surface area contributed by atoms with Gasteiger partial charge in [0.15, 0.2) is 0 Å². The molecule has 4 fully saturated rings. The number of rotatable bonds is 7. The van der Waals surface area contributed by atoms with Gasteiger partial charge in [-0.15, -0.1) is 18.2 Å². The van der Waals surface area contributed by atoms with E-state index in [0.29, 0.717) is 25.7 Å². The third-order valence-electron chi connectivity index (χ3n) is 8.99. The van der Waals surface area contributed by atoms with Crippen LogP contribution in [0.25, 0.3) is 0 Å². The highest BCUT2D eigenvalue weighted by molar-refractivity contribution is 7.89. The van der Waals surface area contributed by atoms with Crippen molar-refractivity contribution in [3.8, 4) is 0 Å². The minimum atomic E-state index is -4.44. The number of halogens is 5. The maximum Gasteiger partial charge on any atom is 0.391 e. The van der Waals surface area contributed by atoms with Crippen LogP contribution in [0.15, 0.2) is 12.7 Å². The minimum Gasteiger partial charge on any atom is -0.370 e.